The first-order valence-corrected chi connectivity index (χ1v) is 10.4. The molecule has 0 aliphatic rings. The number of hydrogen-bond acceptors (Lipinski definition) is 5. The molecule has 21 heavy (non-hydrogen) atoms. The molecule has 0 aromatic heterocycles. The molecule has 0 N–H and O–H groups in total. The molecule has 0 heterocycles. The van der Waals surface area contributed by atoms with E-state index in [9.17, 15) is 16.8 Å². The van der Waals surface area contributed by atoms with E-state index in [4.69, 9.17) is 0 Å². The average molecular weight is 550 g/mol. The van der Waals surface area contributed by atoms with Crippen molar-refractivity contribution in [1.82, 2.24) is 0 Å². The van der Waals surface area contributed by atoms with Crippen molar-refractivity contribution in [3.8, 4) is 0 Å². The third-order valence-corrected chi connectivity index (χ3v) is 8.23. The minimum absolute atomic E-state index is 0.180. The summed E-state index contributed by atoms with van der Waals surface area (Å²) in [5.74, 6) is 0. The van der Waals surface area contributed by atoms with Crippen LogP contribution in [0.3, 0.4) is 0 Å². The molecule has 2 aromatic rings. The van der Waals surface area contributed by atoms with Crippen molar-refractivity contribution in [2.45, 2.75) is 9.79 Å². The van der Waals surface area contributed by atoms with Gasteiger partial charge in [0.2, 0.25) is 0 Å². The van der Waals surface area contributed by atoms with Crippen LogP contribution in [0.25, 0.3) is 0 Å². The second kappa shape index (κ2) is 6.48. The van der Waals surface area contributed by atoms with Gasteiger partial charge in [-0.15, -0.1) is 3.63 Å². The topological polar surface area (TPSA) is 77.5 Å². The summed E-state index contributed by atoms with van der Waals surface area (Å²) in [6.07, 6.45) is 0. The molecule has 0 aliphatic carbocycles. The van der Waals surface area contributed by atoms with Gasteiger partial charge in [0.25, 0.3) is 0 Å². The molecule has 5 nitrogen and oxygen atoms in total. The summed E-state index contributed by atoms with van der Waals surface area (Å²) in [7, 11) is -8.82. The van der Waals surface area contributed by atoms with Crippen LogP contribution < -0.4 is 0 Å². The van der Waals surface area contributed by atoms with E-state index < -0.39 is 20.2 Å². The van der Waals surface area contributed by atoms with E-state index in [2.05, 4.69) is 3.63 Å². The van der Waals surface area contributed by atoms with Crippen LogP contribution in [0.5, 0.6) is 0 Å². The van der Waals surface area contributed by atoms with Gasteiger partial charge in [-0.2, -0.15) is 16.8 Å². The highest BCUT2D eigenvalue weighted by atomic mass is 127. The van der Waals surface area contributed by atoms with E-state index in [-0.39, 0.29) is 9.79 Å². The van der Waals surface area contributed by atoms with E-state index in [1.54, 1.807) is 69.4 Å². The van der Waals surface area contributed by atoms with Crippen LogP contribution in [0.2, 0.25) is 0 Å². The highest BCUT2D eigenvalue weighted by molar-refractivity contribution is 14.1. The number of hydrogen-bond donors (Lipinski definition) is 0. The molecule has 0 fully saturated rings. The lowest BCUT2D eigenvalue weighted by atomic mass is 10.4. The summed E-state index contributed by atoms with van der Waals surface area (Å²) < 4.78 is 53.8. The van der Waals surface area contributed by atoms with Gasteiger partial charge in [-0.05, 0) is 69.4 Å². The smallest absolute Gasteiger partial charge is 0.193 e. The lowest BCUT2D eigenvalue weighted by Crippen LogP contribution is -2.16. The Kier molecular flexibility index (Phi) is 5.28. The highest BCUT2D eigenvalue weighted by Gasteiger charge is 2.29. The van der Waals surface area contributed by atoms with E-state index in [0.717, 1.165) is 0 Å². The van der Waals surface area contributed by atoms with Gasteiger partial charge in [-0.1, -0.05) is 24.3 Å². The monoisotopic (exact) mass is 550 g/mol. The first kappa shape index (κ1) is 17.1. The predicted octanol–water partition coefficient (Wildman–Crippen LogP) is 2.99. The van der Waals surface area contributed by atoms with Gasteiger partial charge in [0.05, 0.1) is 0 Å². The molecule has 0 radical (unpaired) electrons. The SMILES string of the molecule is O=S(=O)(OS(=O)(=O)c1ccccc1I)c1ccccc1I. The van der Waals surface area contributed by atoms with Crippen molar-refractivity contribution < 1.29 is 20.5 Å². The summed E-state index contributed by atoms with van der Waals surface area (Å²) in [6, 6.07) is 12.0. The van der Waals surface area contributed by atoms with Crippen LogP contribution in [0.15, 0.2) is 58.3 Å². The minimum atomic E-state index is -4.41. The molecule has 0 unspecified atom stereocenters. The fourth-order valence-corrected chi connectivity index (χ4v) is 6.51. The summed E-state index contributed by atoms with van der Waals surface area (Å²) >= 11 is 3.61. The van der Waals surface area contributed by atoms with Crippen molar-refractivity contribution in [1.29, 1.82) is 0 Å². The largest absolute Gasteiger partial charge is 0.312 e. The first-order chi connectivity index (χ1) is 9.74. The minimum Gasteiger partial charge on any atom is -0.193 e. The molecule has 0 aliphatic heterocycles. The maximum Gasteiger partial charge on any atom is 0.312 e. The highest BCUT2D eigenvalue weighted by Crippen LogP contribution is 2.26. The number of rotatable bonds is 4. The molecule has 0 atom stereocenters. The molecular weight excluding hydrogens is 542 g/mol. The quantitative estimate of drug-likeness (QED) is 0.548. The van der Waals surface area contributed by atoms with Gasteiger partial charge in [-0.25, -0.2) is 0 Å². The molecule has 0 saturated carbocycles. The van der Waals surface area contributed by atoms with Crippen molar-refractivity contribution in [3.63, 3.8) is 0 Å². The molecule has 2 rings (SSSR count). The van der Waals surface area contributed by atoms with Gasteiger partial charge in [0, 0.05) is 7.14 Å². The van der Waals surface area contributed by atoms with Gasteiger partial charge in [0.1, 0.15) is 9.79 Å². The van der Waals surface area contributed by atoms with Gasteiger partial charge in [-0.3, -0.25) is 0 Å². The molecular formula is C12H8I2O5S2. The fraction of sp³-hybridized carbons (Fsp3) is 0. The average Bonchev–Trinajstić information content (AvgIpc) is 2.38. The summed E-state index contributed by atoms with van der Waals surface area (Å²) in [5, 5.41) is 0. The van der Waals surface area contributed by atoms with Crippen LogP contribution in [-0.2, 0) is 23.9 Å². The zero-order valence-corrected chi connectivity index (χ0v) is 16.2. The summed E-state index contributed by atoms with van der Waals surface area (Å²) in [5.41, 5.74) is 0. The van der Waals surface area contributed by atoms with Crippen molar-refractivity contribution >= 4 is 65.4 Å². The Morgan fingerprint density at radius 3 is 1.33 bits per heavy atom. The Hall–Kier alpha value is -0.240. The van der Waals surface area contributed by atoms with Crippen LogP contribution in [0.4, 0.5) is 0 Å². The molecule has 0 spiro atoms. The molecule has 0 bridgehead atoms. The normalized spacial score (nSPS) is 12.3. The maximum absolute atomic E-state index is 12.1. The molecule has 2 aromatic carbocycles. The fourth-order valence-electron chi connectivity index (χ4n) is 1.49. The van der Waals surface area contributed by atoms with Crippen molar-refractivity contribution in [2.75, 3.05) is 0 Å². The van der Waals surface area contributed by atoms with Crippen LogP contribution in [-0.4, -0.2) is 16.8 Å². The van der Waals surface area contributed by atoms with Gasteiger partial charge >= 0.3 is 20.2 Å². The maximum atomic E-state index is 12.1. The van der Waals surface area contributed by atoms with Gasteiger partial charge < -0.3 is 0 Å². The Morgan fingerprint density at radius 1 is 0.667 bits per heavy atom. The standard InChI is InChI=1S/C12H8I2O5S2/c13-9-5-1-3-7-11(9)20(15,16)19-21(17,18)12-8-4-2-6-10(12)14/h1-8H. The third-order valence-electron chi connectivity index (χ3n) is 2.39. The van der Waals surface area contributed by atoms with Crippen LogP contribution in [0.1, 0.15) is 0 Å². The second-order valence-electron chi connectivity index (χ2n) is 3.84. The van der Waals surface area contributed by atoms with Gasteiger partial charge in [0.15, 0.2) is 0 Å². The molecule has 9 heteroatoms. The van der Waals surface area contributed by atoms with E-state index in [0.29, 0.717) is 7.14 Å². The van der Waals surface area contributed by atoms with E-state index in [1.807, 2.05) is 0 Å². The third kappa shape index (κ3) is 3.94. The van der Waals surface area contributed by atoms with Crippen molar-refractivity contribution in [3.05, 3.63) is 55.7 Å². The van der Waals surface area contributed by atoms with E-state index >= 15 is 0 Å². The van der Waals surface area contributed by atoms with Crippen molar-refractivity contribution in [2.24, 2.45) is 0 Å². The zero-order valence-electron chi connectivity index (χ0n) is 10.2. The molecule has 0 amide bonds. The summed E-state index contributed by atoms with van der Waals surface area (Å²) in [4.78, 5) is -0.361. The predicted molar refractivity (Wildman–Crippen MR) is 93.8 cm³/mol. The Bertz CT molecular complexity index is 803. The number of halogens is 2. The van der Waals surface area contributed by atoms with Crippen LogP contribution >= 0.6 is 45.2 Å². The molecule has 112 valence electrons. The Labute approximate surface area is 150 Å². The molecule has 0 saturated heterocycles. The Balaban J connectivity index is 2.46. The lowest BCUT2D eigenvalue weighted by molar-refractivity contribution is 0.461. The lowest BCUT2D eigenvalue weighted by Gasteiger charge is -2.08. The zero-order chi connectivity index (χ0) is 15.7. The summed E-state index contributed by atoms with van der Waals surface area (Å²) in [6.45, 7) is 0. The van der Waals surface area contributed by atoms with Crippen LogP contribution in [0, 0.1) is 7.14 Å². The first-order valence-electron chi connectivity index (χ1n) is 5.44. The second-order valence-corrected chi connectivity index (χ2v) is 9.40. The van der Waals surface area contributed by atoms with E-state index in [1.165, 1.54) is 24.3 Å². The Morgan fingerprint density at radius 2 is 1.00 bits per heavy atom. The number of benzene rings is 2.